The van der Waals surface area contributed by atoms with Crippen LogP contribution in [-0.2, 0) is 14.8 Å². The summed E-state index contributed by atoms with van der Waals surface area (Å²) in [7, 11) is -3.68. The zero-order chi connectivity index (χ0) is 14.0. The Balaban J connectivity index is 2.26. The number of rotatable bonds is 3. The molecule has 0 spiro atoms. The van der Waals surface area contributed by atoms with Gasteiger partial charge in [-0.15, -0.1) is 0 Å². The molecular formula is C13H19NO4S. The highest BCUT2D eigenvalue weighted by atomic mass is 32.2. The molecule has 0 atom stereocenters. The number of primary sulfonamides is 1. The Kier molecular flexibility index (Phi) is 4.13. The number of hydrogen-bond acceptors (Lipinski definition) is 4. The number of hydrogen-bond donors (Lipinski definition) is 1. The molecular weight excluding hydrogens is 266 g/mol. The third-order valence-corrected chi connectivity index (χ3v) is 4.51. The highest BCUT2D eigenvalue weighted by molar-refractivity contribution is 7.89. The highest BCUT2D eigenvalue weighted by Crippen LogP contribution is 2.28. The number of nitrogens with two attached hydrogens (primary N) is 1. The first kappa shape index (κ1) is 14.3. The predicted octanol–water partition coefficient (Wildman–Crippen LogP) is 1.51. The van der Waals surface area contributed by atoms with Gasteiger partial charge in [-0.3, -0.25) is 0 Å². The highest BCUT2D eigenvalue weighted by Gasteiger charge is 2.19. The zero-order valence-electron chi connectivity index (χ0n) is 11.2. The van der Waals surface area contributed by atoms with E-state index in [0.29, 0.717) is 18.8 Å². The van der Waals surface area contributed by atoms with E-state index in [4.69, 9.17) is 14.6 Å². The average molecular weight is 285 g/mol. The summed E-state index contributed by atoms with van der Waals surface area (Å²) in [5.74, 6) is 0.719. The molecule has 6 heteroatoms. The summed E-state index contributed by atoms with van der Waals surface area (Å²) in [6.45, 7) is 5.00. The van der Waals surface area contributed by atoms with Crippen molar-refractivity contribution in [2.45, 2.75) is 37.7 Å². The molecule has 0 aromatic heterocycles. The van der Waals surface area contributed by atoms with Crippen LogP contribution < -0.4 is 9.88 Å². The van der Waals surface area contributed by atoms with Crippen molar-refractivity contribution in [1.82, 2.24) is 0 Å². The van der Waals surface area contributed by atoms with Crippen LogP contribution in [0.5, 0.6) is 5.75 Å². The molecule has 0 unspecified atom stereocenters. The molecule has 19 heavy (non-hydrogen) atoms. The summed E-state index contributed by atoms with van der Waals surface area (Å²) in [5.41, 5.74) is 1.46. The first-order valence-electron chi connectivity index (χ1n) is 6.27. The van der Waals surface area contributed by atoms with Gasteiger partial charge in [0.05, 0.1) is 18.1 Å². The molecule has 1 fully saturated rings. The normalized spacial score (nSPS) is 17.4. The van der Waals surface area contributed by atoms with Crippen molar-refractivity contribution in [1.29, 1.82) is 0 Å². The molecule has 1 aromatic carbocycles. The Morgan fingerprint density at radius 1 is 1.21 bits per heavy atom. The fourth-order valence-corrected chi connectivity index (χ4v) is 3.02. The van der Waals surface area contributed by atoms with Gasteiger partial charge in [0.1, 0.15) is 11.9 Å². The summed E-state index contributed by atoms with van der Waals surface area (Å²) in [5, 5.41) is 5.18. The Morgan fingerprint density at radius 3 is 2.42 bits per heavy atom. The first-order valence-corrected chi connectivity index (χ1v) is 7.81. The molecule has 106 valence electrons. The van der Waals surface area contributed by atoms with E-state index in [-0.39, 0.29) is 11.0 Å². The number of benzene rings is 1. The van der Waals surface area contributed by atoms with E-state index in [1.165, 1.54) is 6.07 Å². The summed E-state index contributed by atoms with van der Waals surface area (Å²) >= 11 is 0. The lowest BCUT2D eigenvalue weighted by atomic mass is 10.1. The molecule has 1 heterocycles. The molecule has 0 amide bonds. The van der Waals surface area contributed by atoms with Gasteiger partial charge in [0.25, 0.3) is 0 Å². The van der Waals surface area contributed by atoms with Crippen LogP contribution in [0.25, 0.3) is 0 Å². The van der Waals surface area contributed by atoms with Crippen molar-refractivity contribution in [3.8, 4) is 5.75 Å². The minimum atomic E-state index is -3.68. The fourth-order valence-electron chi connectivity index (χ4n) is 2.18. The van der Waals surface area contributed by atoms with Crippen molar-refractivity contribution in [3.63, 3.8) is 0 Å². The molecule has 0 bridgehead atoms. The average Bonchev–Trinajstić information content (AvgIpc) is 2.35. The molecule has 2 N–H and O–H groups in total. The van der Waals surface area contributed by atoms with Gasteiger partial charge >= 0.3 is 0 Å². The summed E-state index contributed by atoms with van der Waals surface area (Å²) in [6, 6.07) is 3.18. The van der Waals surface area contributed by atoms with Crippen LogP contribution in [0.3, 0.4) is 0 Å². The smallest absolute Gasteiger partial charge is 0.238 e. The van der Waals surface area contributed by atoms with E-state index in [0.717, 1.165) is 24.2 Å². The van der Waals surface area contributed by atoms with Gasteiger partial charge in [-0.1, -0.05) is 0 Å². The standard InChI is InChI=1S/C13H19NO4S/c1-9-10(2)13(19(14,15)16)4-3-12(9)18-11-5-7-17-8-6-11/h3-4,11H,5-8H2,1-2H3,(H2,14,15,16). The number of sulfonamides is 1. The summed E-state index contributed by atoms with van der Waals surface area (Å²) < 4.78 is 34.1. The van der Waals surface area contributed by atoms with Gasteiger partial charge < -0.3 is 9.47 Å². The van der Waals surface area contributed by atoms with Crippen molar-refractivity contribution >= 4 is 10.0 Å². The molecule has 1 aliphatic rings. The van der Waals surface area contributed by atoms with Crippen molar-refractivity contribution in [2.24, 2.45) is 5.14 Å². The minimum absolute atomic E-state index is 0.132. The monoisotopic (exact) mass is 285 g/mol. The van der Waals surface area contributed by atoms with Crippen molar-refractivity contribution < 1.29 is 17.9 Å². The Bertz CT molecular complexity index is 562. The predicted molar refractivity (Wildman–Crippen MR) is 71.8 cm³/mol. The Labute approximate surface area is 113 Å². The minimum Gasteiger partial charge on any atom is -0.490 e. The van der Waals surface area contributed by atoms with Crippen LogP contribution in [0.15, 0.2) is 17.0 Å². The Hall–Kier alpha value is -1.11. The number of ether oxygens (including phenoxy) is 2. The second-order valence-corrected chi connectivity index (χ2v) is 6.32. The summed E-state index contributed by atoms with van der Waals surface area (Å²) in [4.78, 5) is 0.157. The lowest BCUT2D eigenvalue weighted by molar-refractivity contribution is 0.0252. The van der Waals surface area contributed by atoms with Crippen LogP contribution in [0.2, 0.25) is 0 Å². The third kappa shape index (κ3) is 3.26. The molecule has 5 nitrogen and oxygen atoms in total. The molecule has 0 saturated carbocycles. The van der Waals surface area contributed by atoms with E-state index < -0.39 is 10.0 Å². The van der Waals surface area contributed by atoms with Crippen LogP contribution >= 0.6 is 0 Å². The van der Waals surface area contributed by atoms with Gasteiger partial charge in [0.15, 0.2) is 0 Å². The maximum Gasteiger partial charge on any atom is 0.238 e. The molecule has 1 aromatic rings. The van der Waals surface area contributed by atoms with E-state index in [1.54, 1.807) is 13.0 Å². The van der Waals surface area contributed by atoms with Gasteiger partial charge in [0.2, 0.25) is 10.0 Å². The molecule has 1 saturated heterocycles. The molecule has 0 aliphatic carbocycles. The van der Waals surface area contributed by atoms with Crippen molar-refractivity contribution in [2.75, 3.05) is 13.2 Å². The van der Waals surface area contributed by atoms with Crippen LogP contribution in [0.4, 0.5) is 0 Å². The largest absolute Gasteiger partial charge is 0.490 e. The van der Waals surface area contributed by atoms with E-state index in [9.17, 15) is 8.42 Å². The quantitative estimate of drug-likeness (QED) is 0.913. The van der Waals surface area contributed by atoms with E-state index in [2.05, 4.69) is 0 Å². The van der Waals surface area contributed by atoms with Gasteiger partial charge in [-0.05, 0) is 37.1 Å². The molecule has 2 rings (SSSR count). The van der Waals surface area contributed by atoms with Crippen LogP contribution in [0, 0.1) is 13.8 Å². The second-order valence-electron chi connectivity index (χ2n) is 4.79. The molecule has 1 aliphatic heterocycles. The lowest BCUT2D eigenvalue weighted by Crippen LogP contribution is -2.26. The zero-order valence-corrected chi connectivity index (χ0v) is 12.0. The Morgan fingerprint density at radius 2 is 1.84 bits per heavy atom. The van der Waals surface area contributed by atoms with Crippen LogP contribution in [0.1, 0.15) is 24.0 Å². The van der Waals surface area contributed by atoms with Gasteiger partial charge in [-0.25, -0.2) is 13.6 Å². The van der Waals surface area contributed by atoms with Gasteiger partial charge in [0, 0.05) is 12.8 Å². The van der Waals surface area contributed by atoms with Gasteiger partial charge in [-0.2, -0.15) is 0 Å². The SMILES string of the molecule is Cc1c(OC2CCOCC2)ccc(S(N)(=O)=O)c1C. The maximum absolute atomic E-state index is 11.4. The first-order chi connectivity index (χ1) is 8.89. The van der Waals surface area contributed by atoms with E-state index in [1.807, 2.05) is 6.92 Å². The lowest BCUT2D eigenvalue weighted by Gasteiger charge is -2.24. The fraction of sp³-hybridized carbons (Fsp3) is 0.538. The van der Waals surface area contributed by atoms with Crippen molar-refractivity contribution in [3.05, 3.63) is 23.3 Å². The topological polar surface area (TPSA) is 78.6 Å². The second kappa shape index (κ2) is 5.48. The third-order valence-electron chi connectivity index (χ3n) is 3.46. The van der Waals surface area contributed by atoms with E-state index >= 15 is 0 Å². The summed E-state index contributed by atoms with van der Waals surface area (Å²) in [6.07, 6.45) is 1.84. The van der Waals surface area contributed by atoms with Crippen LogP contribution in [-0.4, -0.2) is 27.7 Å². The maximum atomic E-state index is 11.4. The molecule has 0 radical (unpaired) electrons.